The Morgan fingerprint density at radius 2 is 2.14 bits per heavy atom. The van der Waals surface area contributed by atoms with Crippen molar-refractivity contribution in [3.05, 3.63) is 28.5 Å². The second kappa shape index (κ2) is 8.35. The van der Waals surface area contributed by atoms with Crippen LogP contribution < -0.4 is 5.32 Å². The molecule has 0 saturated carbocycles. The fourth-order valence-corrected chi connectivity index (χ4v) is 2.91. The highest BCUT2D eigenvalue weighted by Gasteiger charge is 2.11. The lowest BCUT2D eigenvalue weighted by atomic mass is 10.1. The van der Waals surface area contributed by atoms with Gasteiger partial charge in [0.15, 0.2) is 0 Å². The van der Waals surface area contributed by atoms with E-state index in [4.69, 9.17) is 11.6 Å². The van der Waals surface area contributed by atoms with Gasteiger partial charge in [0.25, 0.3) is 5.91 Å². The zero-order valence-electron chi connectivity index (χ0n) is 12.7. The topological polar surface area (TPSA) is 45.2 Å². The fraction of sp³-hybridized carbons (Fsp3) is 0.625. The van der Waals surface area contributed by atoms with Gasteiger partial charge >= 0.3 is 0 Å². The second-order valence-electron chi connectivity index (χ2n) is 5.58. The number of nitrogens with one attached hydrogen (secondary N) is 1. The molecule has 0 unspecified atom stereocenters. The summed E-state index contributed by atoms with van der Waals surface area (Å²) in [4.78, 5) is 18.8. The van der Waals surface area contributed by atoms with Crippen LogP contribution in [0.2, 0.25) is 5.15 Å². The molecule has 0 radical (unpaired) electrons. The summed E-state index contributed by atoms with van der Waals surface area (Å²) >= 11 is 5.98. The van der Waals surface area contributed by atoms with Crippen LogP contribution in [-0.4, -0.2) is 42.0 Å². The summed E-state index contributed by atoms with van der Waals surface area (Å²) < 4.78 is 0. The highest BCUT2D eigenvalue weighted by Crippen LogP contribution is 2.12. The van der Waals surface area contributed by atoms with Crippen molar-refractivity contribution in [1.82, 2.24) is 15.2 Å². The lowest BCUT2D eigenvalue weighted by Gasteiger charge is -2.14. The Balaban J connectivity index is 1.79. The second-order valence-corrected chi connectivity index (χ2v) is 5.97. The van der Waals surface area contributed by atoms with E-state index in [-0.39, 0.29) is 5.91 Å². The largest absolute Gasteiger partial charge is 0.352 e. The third-order valence-electron chi connectivity index (χ3n) is 3.75. The van der Waals surface area contributed by atoms with Gasteiger partial charge in [0.05, 0.1) is 0 Å². The van der Waals surface area contributed by atoms with Crippen molar-refractivity contribution in [2.75, 3.05) is 26.2 Å². The number of carbonyl (C=O) groups excluding carboxylic acids is 1. The standard InChI is InChI=1S/C16H24ClN3O/c1-2-6-14-11-13(12-15(17)19-14)16(21)18-7-5-10-20-8-3-4-9-20/h11-12H,2-10H2,1H3,(H,18,21). The lowest BCUT2D eigenvalue weighted by Crippen LogP contribution is -2.28. The number of nitrogens with zero attached hydrogens (tertiary/aromatic N) is 2. The SMILES string of the molecule is CCCc1cc(C(=O)NCCCN2CCCC2)cc(Cl)n1. The molecular weight excluding hydrogens is 286 g/mol. The minimum atomic E-state index is -0.0573. The van der Waals surface area contributed by atoms with Crippen LogP contribution in [0.4, 0.5) is 0 Å². The van der Waals surface area contributed by atoms with Crippen LogP contribution in [0.5, 0.6) is 0 Å². The summed E-state index contributed by atoms with van der Waals surface area (Å²) in [6.45, 7) is 6.26. The van der Waals surface area contributed by atoms with E-state index < -0.39 is 0 Å². The molecule has 1 fully saturated rings. The number of amides is 1. The van der Waals surface area contributed by atoms with Crippen molar-refractivity contribution in [1.29, 1.82) is 0 Å². The van der Waals surface area contributed by atoms with Crippen LogP contribution in [0.15, 0.2) is 12.1 Å². The molecule has 0 atom stereocenters. The first-order chi connectivity index (χ1) is 10.2. The molecule has 0 spiro atoms. The number of pyridine rings is 1. The zero-order chi connectivity index (χ0) is 15.1. The van der Waals surface area contributed by atoms with Gasteiger partial charge in [0, 0.05) is 17.8 Å². The molecule has 2 rings (SSSR count). The summed E-state index contributed by atoms with van der Waals surface area (Å²) in [6, 6.07) is 3.47. The van der Waals surface area contributed by atoms with E-state index in [1.54, 1.807) is 6.07 Å². The molecule has 1 aromatic rings. The van der Waals surface area contributed by atoms with Crippen molar-refractivity contribution in [3.8, 4) is 0 Å². The summed E-state index contributed by atoms with van der Waals surface area (Å²) in [6.07, 6.45) is 5.44. The Kier molecular flexibility index (Phi) is 6.46. The van der Waals surface area contributed by atoms with E-state index in [2.05, 4.69) is 22.1 Å². The molecule has 116 valence electrons. The first-order valence-corrected chi connectivity index (χ1v) is 8.24. The van der Waals surface area contributed by atoms with Crippen molar-refractivity contribution < 1.29 is 4.79 Å². The Hall–Kier alpha value is -1.13. The molecule has 0 aromatic carbocycles. The lowest BCUT2D eigenvalue weighted by molar-refractivity contribution is 0.0952. The van der Waals surface area contributed by atoms with E-state index in [1.807, 2.05) is 6.07 Å². The normalized spacial score (nSPS) is 15.3. The van der Waals surface area contributed by atoms with Gasteiger partial charge in [-0.2, -0.15) is 0 Å². The van der Waals surface area contributed by atoms with Crippen molar-refractivity contribution in [3.63, 3.8) is 0 Å². The molecule has 0 aliphatic carbocycles. The van der Waals surface area contributed by atoms with Gasteiger partial charge in [-0.1, -0.05) is 24.9 Å². The first kappa shape index (κ1) is 16.2. The highest BCUT2D eigenvalue weighted by atomic mass is 35.5. The van der Waals surface area contributed by atoms with E-state index in [0.29, 0.717) is 17.3 Å². The summed E-state index contributed by atoms with van der Waals surface area (Å²) in [5.41, 5.74) is 1.49. The summed E-state index contributed by atoms with van der Waals surface area (Å²) in [5, 5.41) is 3.36. The number of aryl methyl sites for hydroxylation is 1. The van der Waals surface area contributed by atoms with Crippen LogP contribution in [0.3, 0.4) is 0 Å². The zero-order valence-corrected chi connectivity index (χ0v) is 13.5. The molecule has 5 heteroatoms. The van der Waals surface area contributed by atoms with E-state index >= 15 is 0 Å². The molecule has 0 bridgehead atoms. The van der Waals surface area contributed by atoms with Gasteiger partial charge in [-0.05, 0) is 57.5 Å². The number of carbonyl (C=O) groups is 1. The van der Waals surface area contributed by atoms with Crippen molar-refractivity contribution in [2.45, 2.75) is 39.0 Å². The van der Waals surface area contributed by atoms with Gasteiger partial charge in [-0.3, -0.25) is 4.79 Å². The van der Waals surface area contributed by atoms with Gasteiger partial charge in [-0.25, -0.2) is 4.98 Å². The Labute approximate surface area is 131 Å². The van der Waals surface area contributed by atoms with Crippen molar-refractivity contribution in [2.24, 2.45) is 0 Å². The first-order valence-electron chi connectivity index (χ1n) is 7.86. The van der Waals surface area contributed by atoms with Crippen LogP contribution in [0.25, 0.3) is 0 Å². The molecule has 1 saturated heterocycles. The van der Waals surface area contributed by atoms with E-state index in [9.17, 15) is 4.79 Å². The number of aromatic nitrogens is 1. The molecular formula is C16H24ClN3O. The number of rotatable bonds is 7. The van der Waals surface area contributed by atoms with E-state index in [0.717, 1.165) is 31.5 Å². The summed E-state index contributed by atoms with van der Waals surface area (Å²) in [7, 11) is 0. The third-order valence-corrected chi connectivity index (χ3v) is 3.94. The number of halogens is 1. The smallest absolute Gasteiger partial charge is 0.251 e. The highest BCUT2D eigenvalue weighted by molar-refractivity contribution is 6.29. The van der Waals surface area contributed by atoms with Crippen LogP contribution >= 0.6 is 11.6 Å². The van der Waals surface area contributed by atoms with Gasteiger partial charge in [0.2, 0.25) is 0 Å². The number of hydrogen-bond acceptors (Lipinski definition) is 3. The maximum Gasteiger partial charge on any atom is 0.251 e. The molecule has 1 aliphatic heterocycles. The number of likely N-dealkylation sites (tertiary alicyclic amines) is 1. The van der Waals surface area contributed by atoms with Gasteiger partial charge in [-0.15, -0.1) is 0 Å². The monoisotopic (exact) mass is 309 g/mol. The van der Waals surface area contributed by atoms with E-state index in [1.165, 1.54) is 25.9 Å². The van der Waals surface area contributed by atoms with Gasteiger partial charge < -0.3 is 10.2 Å². The average molecular weight is 310 g/mol. The molecule has 1 aliphatic rings. The molecule has 1 amide bonds. The molecule has 2 heterocycles. The minimum Gasteiger partial charge on any atom is -0.352 e. The van der Waals surface area contributed by atoms with Crippen LogP contribution in [-0.2, 0) is 6.42 Å². The predicted octanol–water partition coefficient (Wildman–Crippen LogP) is 2.90. The van der Waals surface area contributed by atoms with Crippen LogP contribution in [0, 0.1) is 0 Å². The minimum absolute atomic E-state index is 0.0573. The maximum atomic E-state index is 12.1. The quantitative estimate of drug-likeness (QED) is 0.622. The van der Waals surface area contributed by atoms with Gasteiger partial charge in [0.1, 0.15) is 5.15 Å². The molecule has 4 nitrogen and oxygen atoms in total. The Bertz CT molecular complexity index is 473. The molecule has 1 N–H and O–H groups in total. The third kappa shape index (κ3) is 5.29. The Morgan fingerprint density at radius 1 is 1.38 bits per heavy atom. The predicted molar refractivity (Wildman–Crippen MR) is 85.9 cm³/mol. The number of hydrogen-bond donors (Lipinski definition) is 1. The summed E-state index contributed by atoms with van der Waals surface area (Å²) in [5.74, 6) is -0.0573. The Morgan fingerprint density at radius 3 is 2.86 bits per heavy atom. The molecule has 21 heavy (non-hydrogen) atoms. The average Bonchev–Trinajstić information content (AvgIpc) is 2.96. The molecule has 1 aromatic heterocycles. The van der Waals surface area contributed by atoms with Crippen LogP contribution in [0.1, 0.15) is 48.7 Å². The maximum absolute atomic E-state index is 12.1. The van der Waals surface area contributed by atoms with Crippen molar-refractivity contribution >= 4 is 17.5 Å². The fourth-order valence-electron chi connectivity index (χ4n) is 2.68.